The highest BCUT2D eigenvalue weighted by atomic mass is 35.5. The number of nitrogens with one attached hydrogen (secondary N) is 1. The lowest BCUT2D eigenvalue weighted by molar-refractivity contribution is -0.157. The summed E-state index contributed by atoms with van der Waals surface area (Å²) in [5.41, 5.74) is 3.54. The van der Waals surface area contributed by atoms with Crippen LogP contribution >= 0.6 is 11.6 Å². The van der Waals surface area contributed by atoms with Crippen LogP contribution in [0.2, 0.25) is 5.02 Å². The average Bonchev–Trinajstić information content (AvgIpc) is 2.86. The molecule has 0 saturated carbocycles. The summed E-state index contributed by atoms with van der Waals surface area (Å²) in [5, 5.41) is 4.26. The largest absolute Gasteiger partial charge is 0.482 e. The van der Waals surface area contributed by atoms with E-state index < -0.39 is 34.0 Å². The van der Waals surface area contributed by atoms with Crippen LogP contribution in [-0.4, -0.2) is 45.3 Å². The first kappa shape index (κ1) is 29.7. The van der Waals surface area contributed by atoms with Crippen LogP contribution < -0.4 is 14.5 Å². The fourth-order valence-electron chi connectivity index (χ4n) is 3.29. The number of esters is 1. The monoisotopic (exact) mass is 571 g/mol. The summed E-state index contributed by atoms with van der Waals surface area (Å²) in [6, 6.07) is 19.2. The molecule has 206 valence electrons. The molecule has 0 aromatic heterocycles. The number of amides is 1. The molecule has 0 heterocycles. The van der Waals surface area contributed by atoms with Gasteiger partial charge in [0.1, 0.15) is 17.9 Å². The van der Waals surface area contributed by atoms with Crippen LogP contribution in [-0.2, 0) is 24.3 Å². The quantitative estimate of drug-likeness (QED) is 0.214. The molecule has 0 aliphatic carbocycles. The van der Waals surface area contributed by atoms with Crippen LogP contribution in [0.4, 0.5) is 5.69 Å². The third-order valence-corrected chi connectivity index (χ3v) is 7.08. The van der Waals surface area contributed by atoms with Gasteiger partial charge in [0.2, 0.25) is 0 Å². The van der Waals surface area contributed by atoms with Gasteiger partial charge in [-0.15, -0.1) is 0 Å². The Balaban J connectivity index is 1.65. The van der Waals surface area contributed by atoms with Crippen molar-refractivity contribution in [3.8, 4) is 5.75 Å². The lowest BCUT2D eigenvalue weighted by Crippen LogP contribution is -2.39. The summed E-state index contributed by atoms with van der Waals surface area (Å²) >= 11 is 6.09. The van der Waals surface area contributed by atoms with Gasteiger partial charge in [-0.3, -0.25) is 9.10 Å². The molecule has 11 heteroatoms. The number of ether oxygens (including phenoxy) is 2. The van der Waals surface area contributed by atoms with E-state index in [0.717, 1.165) is 9.87 Å². The first-order chi connectivity index (χ1) is 18.3. The van der Waals surface area contributed by atoms with Crippen molar-refractivity contribution >= 4 is 45.4 Å². The second-order valence-electron chi connectivity index (χ2n) is 9.54. The van der Waals surface area contributed by atoms with Crippen molar-refractivity contribution in [1.82, 2.24) is 5.43 Å². The van der Waals surface area contributed by atoms with Gasteiger partial charge in [-0.1, -0.05) is 35.4 Å². The zero-order valence-corrected chi connectivity index (χ0v) is 23.6. The van der Waals surface area contributed by atoms with Crippen LogP contribution in [0.5, 0.6) is 5.75 Å². The molecule has 0 unspecified atom stereocenters. The van der Waals surface area contributed by atoms with E-state index in [-0.39, 0.29) is 17.2 Å². The zero-order chi connectivity index (χ0) is 28.6. The molecule has 0 aliphatic rings. The second-order valence-corrected chi connectivity index (χ2v) is 11.8. The molecule has 0 bridgehead atoms. The van der Waals surface area contributed by atoms with Crippen LogP contribution in [0.3, 0.4) is 0 Å². The van der Waals surface area contributed by atoms with Gasteiger partial charge in [0.15, 0.2) is 6.61 Å². The molecule has 0 saturated heterocycles. The zero-order valence-electron chi connectivity index (χ0n) is 22.0. The van der Waals surface area contributed by atoms with Gasteiger partial charge in [-0.25, -0.2) is 18.6 Å². The Bertz CT molecular complexity index is 1430. The molecule has 0 atom stereocenters. The number of hydrogen-bond acceptors (Lipinski definition) is 7. The maximum Gasteiger partial charge on any atom is 0.344 e. The van der Waals surface area contributed by atoms with Gasteiger partial charge in [0.05, 0.1) is 16.8 Å². The second kappa shape index (κ2) is 12.8. The Hall–Kier alpha value is -3.89. The highest BCUT2D eigenvalue weighted by Gasteiger charge is 2.27. The van der Waals surface area contributed by atoms with Crippen LogP contribution in [0.25, 0.3) is 0 Å². The number of hydrogen-bond donors (Lipinski definition) is 1. The molecule has 0 radical (unpaired) electrons. The number of sulfonamides is 1. The van der Waals surface area contributed by atoms with Crippen LogP contribution in [0.1, 0.15) is 31.9 Å². The highest BCUT2D eigenvalue weighted by molar-refractivity contribution is 7.92. The maximum atomic E-state index is 13.4. The molecular formula is C28H30ClN3O6S. The SMILES string of the molecule is Cc1ccc(S(=O)(=O)N(CC(=O)N/N=C/c2ccc(OCC(=O)OC(C)(C)C)cc2)c2cccc(Cl)c2)cc1. The van der Waals surface area contributed by atoms with Gasteiger partial charge < -0.3 is 9.47 Å². The molecule has 1 amide bonds. The molecule has 3 rings (SSSR count). The van der Waals surface area contributed by atoms with Crippen molar-refractivity contribution in [2.45, 2.75) is 38.2 Å². The molecule has 1 N–H and O–H groups in total. The van der Waals surface area contributed by atoms with E-state index in [2.05, 4.69) is 10.5 Å². The number of anilines is 1. The molecule has 0 fully saturated rings. The third-order valence-electron chi connectivity index (χ3n) is 5.05. The van der Waals surface area contributed by atoms with Crippen molar-refractivity contribution in [3.05, 3.63) is 88.9 Å². The van der Waals surface area contributed by atoms with Gasteiger partial charge in [0.25, 0.3) is 15.9 Å². The average molecular weight is 572 g/mol. The number of nitrogens with zero attached hydrogens (tertiary/aromatic N) is 2. The molecule has 0 aliphatic heterocycles. The smallest absolute Gasteiger partial charge is 0.344 e. The topological polar surface area (TPSA) is 114 Å². The van der Waals surface area contributed by atoms with E-state index in [4.69, 9.17) is 21.1 Å². The van der Waals surface area contributed by atoms with Gasteiger partial charge in [-0.2, -0.15) is 5.10 Å². The normalized spacial score (nSPS) is 11.7. The van der Waals surface area contributed by atoms with E-state index in [1.807, 2.05) is 6.92 Å². The number of halogens is 1. The highest BCUT2D eigenvalue weighted by Crippen LogP contribution is 2.26. The summed E-state index contributed by atoms with van der Waals surface area (Å²) in [4.78, 5) is 24.5. The minimum atomic E-state index is -4.07. The lowest BCUT2D eigenvalue weighted by Gasteiger charge is -2.24. The molecule has 3 aromatic rings. The summed E-state index contributed by atoms with van der Waals surface area (Å²) < 4.78 is 38.4. The van der Waals surface area contributed by atoms with Gasteiger partial charge in [-0.05, 0) is 87.9 Å². The number of carbonyl (C=O) groups is 2. The minimum absolute atomic E-state index is 0.0401. The van der Waals surface area contributed by atoms with Crippen LogP contribution in [0, 0.1) is 6.92 Å². The summed E-state index contributed by atoms with van der Waals surface area (Å²) in [6.07, 6.45) is 1.40. The number of rotatable bonds is 10. The van der Waals surface area contributed by atoms with E-state index in [9.17, 15) is 18.0 Å². The first-order valence-corrected chi connectivity index (χ1v) is 13.8. The maximum absolute atomic E-state index is 13.4. The Kier molecular flexibility index (Phi) is 9.71. The van der Waals surface area contributed by atoms with Crippen molar-refractivity contribution in [1.29, 1.82) is 0 Å². The summed E-state index contributed by atoms with van der Waals surface area (Å²) in [5.74, 6) is -0.674. The molecule has 0 spiro atoms. The van der Waals surface area contributed by atoms with E-state index >= 15 is 0 Å². The number of hydrazone groups is 1. The predicted octanol–water partition coefficient (Wildman–Crippen LogP) is 4.71. The fourth-order valence-corrected chi connectivity index (χ4v) is 4.89. The Labute approximate surface area is 233 Å². The standard InChI is InChI=1S/C28H30ClN3O6S/c1-20-8-14-25(15-9-20)39(35,36)32(23-7-5-6-22(29)16-23)18-26(33)31-30-17-21-10-12-24(13-11-21)37-19-27(34)38-28(2,3)4/h5-17H,18-19H2,1-4H3,(H,31,33)/b30-17+. The van der Waals surface area contributed by atoms with Crippen molar-refractivity contribution < 1.29 is 27.5 Å². The Morgan fingerprint density at radius 2 is 1.69 bits per heavy atom. The number of benzene rings is 3. The van der Waals surface area contributed by atoms with Crippen molar-refractivity contribution in [2.75, 3.05) is 17.5 Å². The fraction of sp³-hybridized carbons (Fsp3) is 0.250. The van der Waals surface area contributed by atoms with E-state index in [1.165, 1.54) is 24.4 Å². The van der Waals surface area contributed by atoms with Gasteiger partial charge >= 0.3 is 5.97 Å². The Morgan fingerprint density at radius 3 is 2.31 bits per heavy atom. The molecular weight excluding hydrogens is 542 g/mol. The molecule has 3 aromatic carbocycles. The molecule has 9 nitrogen and oxygen atoms in total. The van der Waals surface area contributed by atoms with E-state index in [0.29, 0.717) is 16.3 Å². The van der Waals surface area contributed by atoms with Crippen LogP contribution in [0.15, 0.2) is 82.8 Å². The lowest BCUT2D eigenvalue weighted by atomic mass is 10.2. The molecule has 39 heavy (non-hydrogen) atoms. The van der Waals surface area contributed by atoms with Gasteiger partial charge in [0, 0.05) is 5.02 Å². The third kappa shape index (κ3) is 9.12. The summed E-state index contributed by atoms with van der Waals surface area (Å²) in [7, 11) is -4.07. The number of aryl methyl sites for hydroxylation is 1. The van der Waals surface area contributed by atoms with E-state index in [1.54, 1.807) is 75.4 Å². The summed E-state index contributed by atoms with van der Waals surface area (Å²) in [6.45, 7) is 6.42. The Morgan fingerprint density at radius 1 is 1.03 bits per heavy atom. The first-order valence-electron chi connectivity index (χ1n) is 11.9. The van der Waals surface area contributed by atoms with Crippen molar-refractivity contribution in [3.63, 3.8) is 0 Å². The predicted molar refractivity (Wildman–Crippen MR) is 151 cm³/mol. The van der Waals surface area contributed by atoms with Crippen molar-refractivity contribution in [2.24, 2.45) is 5.10 Å². The minimum Gasteiger partial charge on any atom is -0.482 e. The number of carbonyl (C=O) groups excluding carboxylic acids is 2.